The molecule has 1 unspecified atom stereocenters. The molecule has 0 radical (unpaired) electrons. The van der Waals surface area contributed by atoms with E-state index in [1.807, 2.05) is 0 Å². The van der Waals surface area contributed by atoms with Crippen LogP contribution in [0.1, 0.15) is 36.0 Å². The van der Waals surface area contributed by atoms with Gasteiger partial charge in [0.05, 0.1) is 23.6 Å². The zero-order chi connectivity index (χ0) is 13.7. The molecule has 3 N–H and O–H groups in total. The van der Waals surface area contributed by atoms with Crippen molar-refractivity contribution >= 4 is 23.2 Å². The van der Waals surface area contributed by atoms with Gasteiger partial charge in [0.15, 0.2) is 0 Å². The average molecular weight is 284 g/mol. The molecule has 1 aromatic heterocycles. The van der Waals surface area contributed by atoms with Crippen LogP contribution in [-0.2, 0) is 4.74 Å². The third-order valence-corrected chi connectivity index (χ3v) is 3.38. The second-order valence-corrected chi connectivity index (χ2v) is 5.01. The summed E-state index contributed by atoms with van der Waals surface area (Å²) < 4.78 is 5.60. The highest BCUT2D eigenvalue weighted by Gasteiger charge is 2.15. The molecule has 1 fully saturated rings. The lowest BCUT2D eigenvalue weighted by Gasteiger charge is -2.22. The number of aromatic nitrogens is 1. The van der Waals surface area contributed by atoms with E-state index >= 15 is 0 Å². The van der Waals surface area contributed by atoms with Gasteiger partial charge in [0.25, 0.3) is 5.91 Å². The number of anilines is 1. The number of ether oxygens (including phenoxy) is 1. The maximum absolute atomic E-state index is 11.9. The third-order valence-electron chi connectivity index (χ3n) is 3.17. The summed E-state index contributed by atoms with van der Waals surface area (Å²) in [6.45, 7) is 1.40. The molecule has 0 aromatic carbocycles. The largest absolute Gasteiger partial charge is 0.397 e. The van der Waals surface area contributed by atoms with Crippen molar-refractivity contribution in [3.8, 4) is 0 Å². The fourth-order valence-corrected chi connectivity index (χ4v) is 2.27. The van der Waals surface area contributed by atoms with Crippen molar-refractivity contribution in [3.63, 3.8) is 0 Å². The SMILES string of the molecule is Nc1cnc(Cl)cc1C(=O)NCCC1CCCCO1. The molecule has 0 aliphatic carbocycles. The monoisotopic (exact) mass is 283 g/mol. The summed E-state index contributed by atoms with van der Waals surface area (Å²) in [6, 6.07) is 1.48. The lowest BCUT2D eigenvalue weighted by molar-refractivity contribution is 0.0117. The van der Waals surface area contributed by atoms with E-state index in [1.165, 1.54) is 18.7 Å². The van der Waals surface area contributed by atoms with Gasteiger partial charge in [-0.05, 0) is 31.7 Å². The molecule has 6 heteroatoms. The molecular weight excluding hydrogens is 266 g/mol. The molecule has 104 valence electrons. The number of hydrogen-bond acceptors (Lipinski definition) is 4. The van der Waals surface area contributed by atoms with Crippen LogP contribution in [0, 0.1) is 0 Å². The fourth-order valence-electron chi connectivity index (χ4n) is 2.11. The van der Waals surface area contributed by atoms with Crippen molar-refractivity contribution in [2.45, 2.75) is 31.8 Å². The molecule has 0 bridgehead atoms. The Labute approximate surface area is 117 Å². The number of nitrogen functional groups attached to an aromatic ring is 1. The maximum Gasteiger partial charge on any atom is 0.253 e. The van der Waals surface area contributed by atoms with Crippen molar-refractivity contribution in [1.29, 1.82) is 0 Å². The highest BCUT2D eigenvalue weighted by Crippen LogP contribution is 2.16. The van der Waals surface area contributed by atoms with Crippen LogP contribution in [-0.4, -0.2) is 30.1 Å². The Morgan fingerprint density at radius 1 is 1.58 bits per heavy atom. The number of hydrogen-bond donors (Lipinski definition) is 2. The van der Waals surface area contributed by atoms with Gasteiger partial charge in [-0.15, -0.1) is 0 Å². The van der Waals surface area contributed by atoms with E-state index in [-0.39, 0.29) is 17.2 Å². The molecule has 1 aromatic rings. The van der Waals surface area contributed by atoms with Crippen LogP contribution < -0.4 is 11.1 Å². The van der Waals surface area contributed by atoms with Crippen molar-refractivity contribution in [1.82, 2.24) is 10.3 Å². The molecule has 0 saturated carbocycles. The first-order chi connectivity index (χ1) is 9.16. The Kier molecular flexibility index (Phi) is 4.99. The zero-order valence-corrected chi connectivity index (χ0v) is 11.4. The summed E-state index contributed by atoms with van der Waals surface area (Å²) in [5.41, 5.74) is 6.39. The summed E-state index contributed by atoms with van der Waals surface area (Å²) >= 11 is 5.75. The fraction of sp³-hybridized carbons (Fsp3) is 0.538. The minimum absolute atomic E-state index is 0.224. The van der Waals surface area contributed by atoms with E-state index in [4.69, 9.17) is 22.1 Å². The molecule has 2 rings (SSSR count). The average Bonchev–Trinajstić information content (AvgIpc) is 2.42. The van der Waals surface area contributed by atoms with Gasteiger partial charge in [0.2, 0.25) is 0 Å². The predicted octanol–water partition coefficient (Wildman–Crippen LogP) is 2.01. The second kappa shape index (κ2) is 6.73. The standard InChI is InChI=1S/C13H18ClN3O2/c14-12-7-10(11(15)8-17-12)13(18)16-5-4-9-3-1-2-6-19-9/h7-9H,1-6,15H2,(H,16,18). The van der Waals surface area contributed by atoms with E-state index in [1.54, 1.807) is 0 Å². The number of nitrogens with two attached hydrogens (primary N) is 1. The number of nitrogens with zero attached hydrogens (tertiary/aromatic N) is 1. The van der Waals surface area contributed by atoms with Crippen LogP contribution in [0.4, 0.5) is 5.69 Å². The van der Waals surface area contributed by atoms with Crippen LogP contribution >= 0.6 is 11.6 Å². The molecule has 0 spiro atoms. The predicted molar refractivity (Wildman–Crippen MR) is 74.2 cm³/mol. The number of amides is 1. The van der Waals surface area contributed by atoms with Gasteiger partial charge >= 0.3 is 0 Å². The van der Waals surface area contributed by atoms with Gasteiger partial charge in [-0.25, -0.2) is 4.98 Å². The highest BCUT2D eigenvalue weighted by atomic mass is 35.5. The molecule has 1 aliphatic heterocycles. The van der Waals surface area contributed by atoms with Crippen LogP contribution in [0.3, 0.4) is 0 Å². The number of pyridine rings is 1. The molecular formula is C13H18ClN3O2. The summed E-state index contributed by atoms with van der Waals surface area (Å²) in [7, 11) is 0. The van der Waals surface area contributed by atoms with Crippen LogP contribution in [0.15, 0.2) is 12.3 Å². The first-order valence-electron chi connectivity index (χ1n) is 6.47. The second-order valence-electron chi connectivity index (χ2n) is 4.63. The third kappa shape index (κ3) is 4.08. The quantitative estimate of drug-likeness (QED) is 0.829. The topological polar surface area (TPSA) is 77.2 Å². The maximum atomic E-state index is 11.9. The lowest BCUT2D eigenvalue weighted by atomic mass is 10.1. The summed E-state index contributed by atoms with van der Waals surface area (Å²) in [4.78, 5) is 15.8. The molecule has 2 heterocycles. The van der Waals surface area contributed by atoms with Gasteiger partial charge in [-0.1, -0.05) is 11.6 Å². The van der Waals surface area contributed by atoms with E-state index in [0.717, 1.165) is 25.9 Å². The molecule has 1 saturated heterocycles. The molecule has 1 amide bonds. The number of carbonyl (C=O) groups is 1. The van der Waals surface area contributed by atoms with Gasteiger partial charge in [0, 0.05) is 13.2 Å². The first-order valence-corrected chi connectivity index (χ1v) is 6.85. The smallest absolute Gasteiger partial charge is 0.253 e. The number of nitrogens with one attached hydrogen (secondary N) is 1. The lowest BCUT2D eigenvalue weighted by Crippen LogP contribution is -2.29. The number of rotatable bonds is 4. The normalized spacial score (nSPS) is 19.1. The molecule has 1 aliphatic rings. The van der Waals surface area contributed by atoms with E-state index in [9.17, 15) is 4.79 Å². The Morgan fingerprint density at radius 2 is 2.42 bits per heavy atom. The zero-order valence-electron chi connectivity index (χ0n) is 10.7. The van der Waals surface area contributed by atoms with Gasteiger partial charge in [-0.3, -0.25) is 4.79 Å². The highest BCUT2D eigenvalue weighted by molar-refractivity contribution is 6.29. The minimum atomic E-state index is -0.224. The Balaban J connectivity index is 1.82. The Morgan fingerprint density at radius 3 is 3.16 bits per heavy atom. The van der Waals surface area contributed by atoms with Gasteiger partial charge in [-0.2, -0.15) is 0 Å². The van der Waals surface area contributed by atoms with Gasteiger partial charge in [0.1, 0.15) is 5.15 Å². The van der Waals surface area contributed by atoms with Crippen molar-refractivity contribution < 1.29 is 9.53 Å². The minimum Gasteiger partial charge on any atom is -0.397 e. The van der Waals surface area contributed by atoms with Crippen molar-refractivity contribution in [2.24, 2.45) is 0 Å². The van der Waals surface area contributed by atoms with Crippen LogP contribution in [0.2, 0.25) is 5.15 Å². The van der Waals surface area contributed by atoms with Crippen molar-refractivity contribution in [2.75, 3.05) is 18.9 Å². The van der Waals surface area contributed by atoms with E-state index < -0.39 is 0 Å². The van der Waals surface area contributed by atoms with E-state index in [0.29, 0.717) is 17.8 Å². The van der Waals surface area contributed by atoms with Gasteiger partial charge < -0.3 is 15.8 Å². The summed E-state index contributed by atoms with van der Waals surface area (Å²) in [5.74, 6) is -0.224. The van der Waals surface area contributed by atoms with Crippen LogP contribution in [0.5, 0.6) is 0 Å². The van der Waals surface area contributed by atoms with Crippen LogP contribution in [0.25, 0.3) is 0 Å². The molecule has 1 atom stereocenters. The molecule has 5 nitrogen and oxygen atoms in total. The molecule has 19 heavy (non-hydrogen) atoms. The Hall–Kier alpha value is -1.33. The first kappa shape index (κ1) is 14.1. The van der Waals surface area contributed by atoms with Crippen molar-refractivity contribution in [3.05, 3.63) is 23.0 Å². The summed E-state index contributed by atoms with van der Waals surface area (Å²) in [5, 5.41) is 3.09. The Bertz CT molecular complexity index is 448. The van der Waals surface area contributed by atoms with E-state index in [2.05, 4.69) is 10.3 Å². The number of halogens is 1. The number of carbonyl (C=O) groups excluding carboxylic acids is 1. The summed E-state index contributed by atoms with van der Waals surface area (Å²) in [6.07, 6.45) is 5.87.